The molecule has 0 radical (unpaired) electrons. The summed E-state index contributed by atoms with van der Waals surface area (Å²) in [6.45, 7) is 20.5. The molecule has 0 amide bonds. The molecule has 0 unspecified atom stereocenters. The minimum Gasteiger partial charge on any atom is -0.325 e. The van der Waals surface area contributed by atoms with Crippen LogP contribution < -0.4 is 5.73 Å². The van der Waals surface area contributed by atoms with E-state index in [4.69, 9.17) is 5.73 Å². The summed E-state index contributed by atoms with van der Waals surface area (Å²) in [6.07, 6.45) is 1.18. The third-order valence-electron chi connectivity index (χ3n) is 5.75. The quantitative estimate of drug-likeness (QED) is 0.743. The second-order valence-corrected chi connectivity index (χ2v) is 7.21. The maximum absolute atomic E-state index is 6.35. The number of rotatable bonds is 4. The molecular formula is C14H31N. The second kappa shape index (κ2) is 3.76. The maximum Gasteiger partial charge on any atom is 0.0154 e. The molecule has 0 spiro atoms. The molecule has 1 nitrogen and oxygen atoms in total. The van der Waals surface area contributed by atoms with Crippen LogP contribution >= 0.6 is 0 Å². The molecule has 0 aliphatic rings. The predicted molar refractivity (Wildman–Crippen MR) is 69.9 cm³/mol. The van der Waals surface area contributed by atoms with Gasteiger partial charge < -0.3 is 5.73 Å². The van der Waals surface area contributed by atoms with Gasteiger partial charge in [0.05, 0.1) is 0 Å². The summed E-state index contributed by atoms with van der Waals surface area (Å²) in [5, 5.41) is 0. The lowest BCUT2D eigenvalue weighted by atomic mass is 9.49. The number of hydrogen-bond acceptors (Lipinski definition) is 1. The van der Waals surface area contributed by atoms with Crippen molar-refractivity contribution in [2.75, 3.05) is 0 Å². The number of hydrogen-bond donors (Lipinski definition) is 1. The zero-order valence-corrected chi connectivity index (χ0v) is 12.3. The largest absolute Gasteiger partial charge is 0.325 e. The van der Waals surface area contributed by atoms with E-state index in [0.29, 0.717) is 5.41 Å². The summed E-state index contributed by atoms with van der Waals surface area (Å²) in [5.74, 6) is 0. The Kier molecular flexibility index (Phi) is 3.75. The van der Waals surface area contributed by atoms with Crippen molar-refractivity contribution in [3.63, 3.8) is 0 Å². The highest BCUT2D eigenvalue weighted by molar-refractivity contribution is 5.04. The maximum atomic E-state index is 6.35. The van der Waals surface area contributed by atoms with Gasteiger partial charge in [0.2, 0.25) is 0 Å². The monoisotopic (exact) mass is 213 g/mol. The van der Waals surface area contributed by atoms with Gasteiger partial charge in [0.25, 0.3) is 0 Å². The first-order valence-electron chi connectivity index (χ1n) is 6.10. The van der Waals surface area contributed by atoms with Crippen molar-refractivity contribution in [1.82, 2.24) is 0 Å². The van der Waals surface area contributed by atoms with Gasteiger partial charge in [-0.2, -0.15) is 0 Å². The molecule has 0 aromatic heterocycles. The summed E-state index contributed by atoms with van der Waals surface area (Å²) in [4.78, 5) is 0. The summed E-state index contributed by atoms with van der Waals surface area (Å²) < 4.78 is 0. The van der Waals surface area contributed by atoms with Crippen LogP contribution in [0.4, 0.5) is 0 Å². The lowest BCUT2D eigenvalue weighted by Gasteiger charge is -2.57. The molecule has 92 valence electrons. The summed E-state index contributed by atoms with van der Waals surface area (Å²) in [7, 11) is 0. The third kappa shape index (κ3) is 2.22. The zero-order chi connectivity index (χ0) is 12.7. The summed E-state index contributed by atoms with van der Waals surface area (Å²) >= 11 is 0. The second-order valence-electron chi connectivity index (χ2n) is 7.21. The van der Waals surface area contributed by atoms with Crippen molar-refractivity contribution in [1.29, 1.82) is 0 Å². The van der Waals surface area contributed by atoms with Crippen LogP contribution in [0.2, 0.25) is 0 Å². The molecule has 0 saturated heterocycles. The van der Waals surface area contributed by atoms with Gasteiger partial charge in [-0.1, -0.05) is 54.9 Å². The van der Waals surface area contributed by atoms with E-state index in [1.165, 1.54) is 6.42 Å². The van der Waals surface area contributed by atoms with Gasteiger partial charge in [-0.25, -0.2) is 0 Å². The van der Waals surface area contributed by atoms with Gasteiger partial charge in [-0.15, -0.1) is 0 Å². The Labute approximate surface area is 96.8 Å². The smallest absolute Gasteiger partial charge is 0.0154 e. The average molecular weight is 213 g/mol. The fraction of sp³-hybridized carbons (Fsp3) is 1.00. The fourth-order valence-electron chi connectivity index (χ4n) is 2.09. The van der Waals surface area contributed by atoms with Gasteiger partial charge >= 0.3 is 0 Å². The lowest BCUT2D eigenvalue weighted by molar-refractivity contribution is -0.0615. The van der Waals surface area contributed by atoms with Crippen molar-refractivity contribution < 1.29 is 0 Å². The summed E-state index contributed by atoms with van der Waals surface area (Å²) in [5.41, 5.74) is 6.78. The van der Waals surface area contributed by atoms with Crippen LogP contribution in [-0.2, 0) is 0 Å². The van der Waals surface area contributed by atoms with Crippen molar-refractivity contribution in [2.45, 2.75) is 74.3 Å². The first-order chi connectivity index (χ1) is 6.31. The molecule has 0 bridgehead atoms. The normalized spacial score (nSPS) is 15.6. The molecule has 0 saturated carbocycles. The lowest BCUT2D eigenvalue weighted by Crippen LogP contribution is -2.59. The molecule has 0 fully saturated rings. The highest BCUT2D eigenvalue weighted by atomic mass is 14.8. The Balaban J connectivity index is 5.38. The average Bonchev–Trinajstić information content (AvgIpc) is 2.01. The first-order valence-corrected chi connectivity index (χ1v) is 6.10. The van der Waals surface area contributed by atoms with Crippen LogP contribution in [0.25, 0.3) is 0 Å². The SMILES string of the molecule is CCC(C)(C)C(C)(C)C(C)(C)C(C)(C)N. The van der Waals surface area contributed by atoms with Gasteiger partial charge in [-0.3, -0.25) is 0 Å². The Morgan fingerprint density at radius 3 is 1.27 bits per heavy atom. The molecule has 1 heteroatoms. The van der Waals surface area contributed by atoms with Gasteiger partial charge in [0.1, 0.15) is 0 Å². The fourth-order valence-corrected chi connectivity index (χ4v) is 2.09. The van der Waals surface area contributed by atoms with E-state index in [9.17, 15) is 0 Å². The van der Waals surface area contributed by atoms with E-state index in [1.54, 1.807) is 0 Å². The van der Waals surface area contributed by atoms with Gasteiger partial charge in [0.15, 0.2) is 0 Å². The van der Waals surface area contributed by atoms with Crippen molar-refractivity contribution in [3.05, 3.63) is 0 Å². The Morgan fingerprint density at radius 1 is 0.733 bits per heavy atom. The van der Waals surface area contributed by atoms with E-state index in [1.807, 2.05) is 0 Å². The van der Waals surface area contributed by atoms with Crippen molar-refractivity contribution in [2.24, 2.45) is 22.0 Å². The van der Waals surface area contributed by atoms with E-state index < -0.39 is 0 Å². The molecular weight excluding hydrogens is 182 g/mol. The predicted octanol–water partition coefficient (Wildman–Crippen LogP) is 4.21. The van der Waals surface area contributed by atoms with Crippen molar-refractivity contribution >= 4 is 0 Å². The Bertz CT molecular complexity index is 216. The molecule has 0 aromatic carbocycles. The van der Waals surface area contributed by atoms with E-state index in [2.05, 4.69) is 62.3 Å². The van der Waals surface area contributed by atoms with Gasteiger partial charge in [0, 0.05) is 5.54 Å². The van der Waals surface area contributed by atoms with Crippen LogP contribution in [0.15, 0.2) is 0 Å². The molecule has 0 aliphatic heterocycles. The molecule has 2 N–H and O–H groups in total. The van der Waals surface area contributed by atoms with E-state index in [0.717, 1.165) is 0 Å². The molecule has 15 heavy (non-hydrogen) atoms. The van der Waals surface area contributed by atoms with Crippen LogP contribution in [0.3, 0.4) is 0 Å². The van der Waals surface area contributed by atoms with Crippen molar-refractivity contribution in [3.8, 4) is 0 Å². The highest BCUT2D eigenvalue weighted by Crippen LogP contribution is 2.56. The van der Waals surface area contributed by atoms with E-state index >= 15 is 0 Å². The summed E-state index contributed by atoms with van der Waals surface area (Å²) in [6, 6.07) is 0. The van der Waals surface area contributed by atoms with Gasteiger partial charge in [-0.05, 0) is 30.1 Å². The molecule has 0 atom stereocenters. The third-order valence-corrected chi connectivity index (χ3v) is 5.75. The number of nitrogens with two attached hydrogens (primary N) is 1. The molecule has 0 heterocycles. The molecule has 0 aromatic rings. The van der Waals surface area contributed by atoms with Crippen LogP contribution in [0.1, 0.15) is 68.7 Å². The molecule has 0 aliphatic carbocycles. The molecule has 0 rings (SSSR count). The van der Waals surface area contributed by atoms with Crippen LogP contribution in [0.5, 0.6) is 0 Å². The topological polar surface area (TPSA) is 26.0 Å². The highest BCUT2D eigenvalue weighted by Gasteiger charge is 2.52. The Hall–Kier alpha value is -0.0400. The Morgan fingerprint density at radius 2 is 1.07 bits per heavy atom. The van der Waals surface area contributed by atoms with Crippen LogP contribution in [-0.4, -0.2) is 5.54 Å². The first kappa shape index (κ1) is 15.0. The van der Waals surface area contributed by atoms with Crippen LogP contribution in [0, 0.1) is 16.2 Å². The zero-order valence-electron chi connectivity index (χ0n) is 12.3. The minimum atomic E-state index is -0.164. The standard InChI is InChI=1S/C14H31N/c1-10-11(2,3)12(4,5)13(6,7)14(8,9)15/h10,15H2,1-9H3. The van der Waals surface area contributed by atoms with E-state index in [-0.39, 0.29) is 16.4 Å². The minimum absolute atomic E-state index is 0.0967.